The van der Waals surface area contributed by atoms with E-state index in [1.54, 1.807) is 24.3 Å². The highest BCUT2D eigenvalue weighted by Gasteiger charge is 2.66. The van der Waals surface area contributed by atoms with Crippen molar-refractivity contribution in [3.8, 4) is 23.0 Å². The van der Waals surface area contributed by atoms with E-state index in [1.807, 2.05) is 12.1 Å². The van der Waals surface area contributed by atoms with Crippen molar-refractivity contribution in [2.24, 2.45) is 29.1 Å². The molecular formula is C46H60Br2N2O12. The predicted molar refractivity (Wildman–Crippen MR) is 216 cm³/mol. The minimum absolute atomic E-state index is 0. The largest absolute Gasteiger partial charge is 1.00 e. The quantitative estimate of drug-likeness (QED) is 0.171. The average molecular weight is 993 g/mol. The third-order valence-electron chi connectivity index (χ3n) is 15.4. The molecule has 340 valence electrons. The molecule has 4 saturated heterocycles. The fourth-order valence-corrected chi connectivity index (χ4v) is 13.0. The van der Waals surface area contributed by atoms with E-state index in [1.165, 1.54) is 27.7 Å². The van der Waals surface area contributed by atoms with Crippen LogP contribution in [0.15, 0.2) is 36.4 Å². The lowest BCUT2D eigenvalue weighted by molar-refractivity contribution is -0.962. The first-order valence-corrected chi connectivity index (χ1v) is 21.5. The molecule has 0 amide bonds. The maximum absolute atomic E-state index is 14.1. The third kappa shape index (κ3) is 9.35. The summed E-state index contributed by atoms with van der Waals surface area (Å²) in [5.41, 5.74) is 0.664. The number of carboxylic acid groups (broad SMARTS) is 2. The number of carbonyl (C=O) groups is 6. The summed E-state index contributed by atoms with van der Waals surface area (Å²) in [6, 6.07) is 11.3. The lowest BCUT2D eigenvalue weighted by atomic mass is 9.49. The van der Waals surface area contributed by atoms with Crippen LogP contribution in [0.3, 0.4) is 0 Å². The number of rotatable bonds is 12. The van der Waals surface area contributed by atoms with Crippen LogP contribution in [0, 0.1) is 29.1 Å². The summed E-state index contributed by atoms with van der Waals surface area (Å²) in [7, 11) is 4.47. The van der Waals surface area contributed by atoms with Crippen LogP contribution in [0.25, 0.3) is 0 Å². The molecule has 0 radical (unpaired) electrons. The Morgan fingerprint density at radius 1 is 0.597 bits per heavy atom. The van der Waals surface area contributed by atoms with Crippen LogP contribution in [0.4, 0.5) is 0 Å². The van der Waals surface area contributed by atoms with Crippen LogP contribution in [-0.2, 0) is 41.9 Å². The second-order valence-corrected chi connectivity index (χ2v) is 18.8. The Bertz CT molecular complexity index is 2050. The van der Waals surface area contributed by atoms with Crippen molar-refractivity contribution in [3.05, 3.63) is 47.5 Å². The van der Waals surface area contributed by atoms with Crippen LogP contribution in [0.1, 0.15) is 109 Å². The summed E-state index contributed by atoms with van der Waals surface area (Å²) in [6.07, 6.45) is 8.14. The normalized spacial score (nSPS) is 33.2. The highest BCUT2D eigenvalue weighted by atomic mass is 79.9. The van der Waals surface area contributed by atoms with Gasteiger partial charge in [0.15, 0.2) is 23.0 Å². The molecule has 2 N–H and O–H groups in total. The maximum atomic E-state index is 14.1. The molecule has 4 heterocycles. The van der Waals surface area contributed by atoms with Gasteiger partial charge in [-0.05, 0) is 67.0 Å². The Labute approximate surface area is 384 Å². The molecule has 4 bridgehead atoms. The predicted octanol–water partition coefficient (Wildman–Crippen LogP) is 0.443. The summed E-state index contributed by atoms with van der Waals surface area (Å²) >= 11 is 0. The number of carboxylic acids is 2. The van der Waals surface area contributed by atoms with Gasteiger partial charge in [-0.15, -0.1) is 0 Å². The number of quaternary nitrogens is 2. The van der Waals surface area contributed by atoms with E-state index in [0.29, 0.717) is 49.7 Å². The smallest absolute Gasteiger partial charge is 0.310 e. The number of hydrogen-bond donors (Lipinski definition) is 2. The van der Waals surface area contributed by atoms with E-state index < -0.39 is 53.1 Å². The minimum Gasteiger partial charge on any atom is -1.00 e. The molecular weight excluding hydrogens is 932 g/mol. The van der Waals surface area contributed by atoms with E-state index in [2.05, 4.69) is 14.1 Å². The van der Waals surface area contributed by atoms with Crippen molar-refractivity contribution in [1.29, 1.82) is 0 Å². The zero-order valence-corrected chi connectivity index (χ0v) is 39.6. The number of ether oxygens (including phenoxy) is 4. The average Bonchev–Trinajstić information content (AvgIpc) is 3.39. The molecule has 1 aliphatic carbocycles. The molecule has 7 atom stereocenters. The molecule has 5 unspecified atom stereocenters. The summed E-state index contributed by atoms with van der Waals surface area (Å²) < 4.78 is 22.9. The molecule has 5 aliphatic rings. The van der Waals surface area contributed by atoms with Gasteiger partial charge in [-0.25, -0.2) is 0 Å². The fraction of sp³-hybridized carbons (Fsp3) is 0.609. The van der Waals surface area contributed by atoms with Gasteiger partial charge < -0.3 is 72.1 Å². The lowest BCUT2D eigenvalue weighted by Gasteiger charge is -2.58. The van der Waals surface area contributed by atoms with Crippen molar-refractivity contribution in [1.82, 2.24) is 0 Å². The van der Waals surface area contributed by atoms with Crippen LogP contribution in [0.2, 0.25) is 0 Å². The molecule has 62 heavy (non-hydrogen) atoms. The number of nitrogens with zero attached hydrogens (tertiary/aromatic N) is 2. The van der Waals surface area contributed by atoms with E-state index in [9.17, 15) is 39.0 Å². The maximum Gasteiger partial charge on any atom is 0.310 e. The van der Waals surface area contributed by atoms with Gasteiger partial charge >= 0.3 is 35.8 Å². The first kappa shape index (κ1) is 49.2. The molecule has 2 aromatic carbocycles. The number of esters is 4. The van der Waals surface area contributed by atoms with Crippen LogP contribution < -0.4 is 52.9 Å². The Morgan fingerprint density at radius 2 is 0.984 bits per heavy atom. The Hall–Kier alpha value is -3.86. The van der Waals surface area contributed by atoms with Crippen molar-refractivity contribution in [2.45, 2.75) is 136 Å². The first-order chi connectivity index (χ1) is 28.3. The molecule has 5 fully saturated rings. The monoisotopic (exact) mass is 990 g/mol. The Balaban J connectivity index is 0.00000363. The summed E-state index contributed by atoms with van der Waals surface area (Å²) in [5, 5.41) is 22.4. The van der Waals surface area contributed by atoms with Gasteiger partial charge in [-0.3, -0.25) is 28.8 Å². The summed E-state index contributed by atoms with van der Waals surface area (Å²) in [6.45, 7) is 6.42. The van der Waals surface area contributed by atoms with E-state index >= 15 is 0 Å². The number of piperidine rings is 2. The second-order valence-electron chi connectivity index (χ2n) is 18.8. The number of hydrogen-bond acceptors (Lipinski definition) is 10. The fourth-order valence-electron chi connectivity index (χ4n) is 13.0. The molecule has 2 aromatic rings. The Kier molecular flexibility index (Phi) is 15.1. The van der Waals surface area contributed by atoms with E-state index in [4.69, 9.17) is 18.9 Å². The Morgan fingerprint density at radius 3 is 1.35 bits per heavy atom. The number of fused-ring (bicyclic) bond motifs is 4. The molecule has 1 saturated carbocycles. The number of benzene rings is 2. The molecule has 4 aliphatic heterocycles. The van der Waals surface area contributed by atoms with Crippen molar-refractivity contribution < 1.29 is 101 Å². The number of aliphatic carboxylic acids is 2. The SMILES string of the molecule is CC(=O)Oc1ccc(C[N+]2(C)C3CCC2CC([C@H]2C(C(=O)O)CCC[C@@]2(C(=O)O)C2CC4CCC(C2)[N+]4(C)Cc2ccc(OC(C)=O)c(OC(C)=O)c2)C3)cc1OC(C)=O.[Br-].[Br-]. The third-order valence-corrected chi connectivity index (χ3v) is 15.4. The lowest BCUT2D eigenvalue weighted by Crippen LogP contribution is -3.00. The van der Waals surface area contributed by atoms with Crippen molar-refractivity contribution in [2.75, 3.05) is 14.1 Å². The molecule has 0 aromatic heterocycles. The highest BCUT2D eigenvalue weighted by molar-refractivity contribution is 5.79. The summed E-state index contributed by atoms with van der Waals surface area (Å²) in [5.74, 6) is -4.64. The standard InChI is InChI=1S/C46H58N2O12.2BrH/c1-26(49)57-39-15-9-30(18-41(39)59-28(3)51)24-47(5)34-11-12-35(47)21-32(20-34)43-38(44(53)54)8-7-17-46(43,45(55)56)33-22-36-13-14-37(23-33)48(36,6)25-31-10-16-40(58-27(2)50)42(19-31)60-29(4)52;;/h9-10,15-16,18-19,32-38,43H,7-8,11-14,17,20-25H2,1-6H3;2*1H/t32?,33?,34?,35?,36?,37?,38?,43-,46+,47?,48?;;/m0../s1. The summed E-state index contributed by atoms with van der Waals surface area (Å²) in [4.78, 5) is 74.8. The first-order valence-electron chi connectivity index (χ1n) is 21.5. The van der Waals surface area contributed by atoms with Gasteiger partial charge in [0.2, 0.25) is 0 Å². The van der Waals surface area contributed by atoms with Gasteiger partial charge in [0, 0.05) is 90.2 Å². The minimum atomic E-state index is -1.17. The topological polar surface area (TPSA) is 180 Å². The molecule has 7 rings (SSSR count). The zero-order chi connectivity index (χ0) is 43.3. The van der Waals surface area contributed by atoms with E-state index in [0.717, 1.165) is 54.1 Å². The van der Waals surface area contributed by atoms with Gasteiger partial charge in [-0.1, -0.05) is 6.42 Å². The molecule has 16 heteroatoms. The number of carbonyl (C=O) groups excluding carboxylic acids is 4. The van der Waals surface area contributed by atoms with Gasteiger partial charge in [0.1, 0.15) is 13.1 Å². The number of halogens is 2. The zero-order valence-electron chi connectivity index (χ0n) is 36.4. The van der Waals surface area contributed by atoms with E-state index in [-0.39, 0.29) is 93.0 Å². The second kappa shape index (κ2) is 19.1. The highest BCUT2D eigenvalue weighted by Crippen LogP contribution is 2.62. The van der Waals surface area contributed by atoms with Crippen LogP contribution in [-0.4, -0.2) is 93.3 Å². The molecule has 14 nitrogen and oxygen atoms in total. The van der Waals surface area contributed by atoms with Gasteiger partial charge in [0.05, 0.1) is 49.6 Å². The van der Waals surface area contributed by atoms with Crippen LogP contribution >= 0.6 is 0 Å². The van der Waals surface area contributed by atoms with Gasteiger partial charge in [-0.2, -0.15) is 0 Å². The van der Waals surface area contributed by atoms with Crippen LogP contribution in [0.5, 0.6) is 23.0 Å². The van der Waals surface area contributed by atoms with Crippen molar-refractivity contribution in [3.63, 3.8) is 0 Å². The van der Waals surface area contributed by atoms with Crippen molar-refractivity contribution >= 4 is 35.8 Å². The van der Waals surface area contributed by atoms with Gasteiger partial charge in [0.25, 0.3) is 0 Å². The molecule has 0 spiro atoms.